The van der Waals surface area contributed by atoms with E-state index in [1.807, 2.05) is 96.4 Å². The van der Waals surface area contributed by atoms with Crippen LogP contribution in [0.2, 0.25) is 0 Å². The summed E-state index contributed by atoms with van der Waals surface area (Å²) < 4.78 is 7.17. The molecule has 0 aliphatic carbocycles. The molecule has 1 aliphatic heterocycles. The molecule has 0 radical (unpaired) electrons. The Bertz CT molecular complexity index is 1620. The van der Waals surface area contributed by atoms with Gasteiger partial charge in [0.2, 0.25) is 11.8 Å². The summed E-state index contributed by atoms with van der Waals surface area (Å²) in [6.45, 7) is -0.144. The molecule has 0 spiro atoms. The molecule has 1 aliphatic rings. The molecule has 0 saturated carbocycles. The molecule has 7 nitrogen and oxygen atoms in total. The van der Waals surface area contributed by atoms with Crippen molar-refractivity contribution in [2.24, 2.45) is 0 Å². The Labute approximate surface area is 240 Å². The van der Waals surface area contributed by atoms with Crippen LogP contribution in [0.4, 0.5) is 11.5 Å². The smallest absolute Gasteiger partial charge is 0.244 e. The van der Waals surface area contributed by atoms with Crippen LogP contribution in [0.5, 0.6) is 5.75 Å². The summed E-state index contributed by atoms with van der Waals surface area (Å²) >= 11 is 3.22. The molecule has 40 heavy (non-hydrogen) atoms. The summed E-state index contributed by atoms with van der Waals surface area (Å²) in [5.41, 5.74) is 4.07. The Hall–Kier alpha value is -4.34. The predicted molar refractivity (Wildman–Crippen MR) is 162 cm³/mol. The first-order valence-corrected chi connectivity index (χ1v) is 14.7. The van der Waals surface area contributed by atoms with Gasteiger partial charge in [0, 0.05) is 21.7 Å². The van der Waals surface area contributed by atoms with Crippen LogP contribution in [-0.4, -0.2) is 41.0 Å². The predicted octanol–water partition coefficient (Wildman–Crippen LogP) is 6.42. The largest absolute Gasteiger partial charge is 0.497 e. The zero-order valence-electron chi connectivity index (χ0n) is 21.7. The summed E-state index contributed by atoms with van der Waals surface area (Å²) in [5.74, 6) is 1.11. The number of para-hydroxylation sites is 1. The van der Waals surface area contributed by atoms with Gasteiger partial charge in [-0.1, -0.05) is 54.6 Å². The number of nitrogens with zero attached hydrogens (tertiary/aromatic N) is 3. The lowest BCUT2D eigenvalue weighted by atomic mass is 10.0. The molecule has 3 heterocycles. The van der Waals surface area contributed by atoms with Crippen LogP contribution in [0.1, 0.15) is 15.7 Å². The van der Waals surface area contributed by atoms with E-state index in [1.54, 1.807) is 39.8 Å². The van der Waals surface area contributed by atoms with Gasteiger partial charge in [0.05, 0.1) is 29.5 Å². The minimum Gasteiger partial charge on any atom is -0.497 e. The zero-order chi connectivity index (χ0) is 27.5. The van der Waals surface area contributed by atoms with E-state index in [0.29, 0.717) is 17.3 Å². The van der Waals surface area contributed by atoms with Gasteiger partial charge in [-0.15, -0.1) is 23.1 Å². The number of aromatic nitrogens is 2. The highest BCUT2D eigenvalue weighted by atomic mass is 32.2. The Balaban J connectivity index is 1.54. The number of amides is 2. The zero-order valence-corrected chi connectivity index (χ0v) is 23.3. The standard InChI is InChI=1S/C31H26N4O3S2/c1-38-24-16-14-23(15-17-24)35-31-28(29(33-35)21-9-4-2-5-10-21)30(25-13-8-18-39-25)40-20-27(37)34(31)19-26(36)32-22-11-6-3-7-12-22/h2-18,30H,19-20H2,1H3,(H,32,36)/t30-/m1/s1. The molecule has 0 bridgehead atoms. The number of thiophene rings is 1. The molecule has 0 fully saturated rings. The molecule has 0 unspecified atom stereocenters. The van der Waals surface area contributed by atoms with Crippen LogP contribution in [0.3, 0.4) is 0 Å². The van der Waals surface area contributed by atoms with Crippen molar-refractivity contribution >= 4 is 46.4 Å². The second-order valence-electron chi connectivity index (χ2n) is 9.16. The first kappa shape index (κ1) is 25.9. The van der Waals surface area contributed by atoms with Crippen LogP contribution in [0, 0.1) is 0 Å². The molecular formula is C31H26N4O3S2. The first-order chi connectivity index (χ1) is 19.6. The highest BCUT2D eigenvalue weighted by Crippen LogP contribution is 2.49. The van der Waals surface area contributed by atoms with Gasteiger partial charge < -0.3 is 10.1 Å². The van der Waals surface area contributed by atoms with E-state index in [1.165, 1.54) is 0 Å². The summed E-state index contributed by atoms with van der Waals surface area (Å²) in [6, 6.07) is 30.9. The molecule has 9 heteroatoms. The van der Waals surface area contributed by atoms with Crippen molar-refractivity contribution in [2.45, 2.75) is 5.25 Å². The molecule has 2 amide bonds. The van der Waals surface area contributed by atoms with E-state index < -0.39 is 0 Å². The summed E-state index contributed by atoms with van der Waals surface area (Å²) in [4.78, 5) is 29.8. The maximum absolute atomic E-state index is 13.8. The molecule has 1 atom stereocenters. The van der Waals surface area contributed by atoms with E-state index in [0.717, 1.165) is 27.4 Å². The third kappa shape index (κ3) is 5.13. The second-order valence-corrected chi connectivity index (χ2v) is 11.2. The first-order valence-electron chi connectivity index (χ1n) is 12.8. The molecule has 1 N–H and O–H groups in total. The van der Waals surface area contributed by atoms with Crippen molar-refractivity contribution < 1.29 is 14.3 Å². The monoisotopic (exact) mass is 566 g/mol. The van der Waals surface area contributed by atoms with Crippen LogP contribution in [0.15, 0.2) is 102 Å². The highest BCUT2D eigenvalue weighted by molar-refractivity contribution is 8.00. The van der Waals surface area contributed by atoms with Crippen molar-refractivity contribution in [1.29, 1.82) is 0 Å². The molecule has 5 aromatic rings. The Kier molecular flexibility index (Phi) is 7.39. The number of ether oxygens (including phenoxy) is 1. The third-order valence-corrected chi connectivity index (χ3v) is 8.94. The van der Waals surface area contributed by atoms with E-state index in [-0.39, 0.29) is 29.4 Å². The van der Waals surface area contributed by atoms with Crippen molar-refractivity contribution in [3.05, 3.63) is 113 Å². The SMILES string of the molecule is COc1ccc(-n2nc(-c3ccccc3)c3c2N(CC(=O)Nc2ccccc2)C(=O)CS[C@@H]3c2cccs2)cc1. The average Bonchev–Trinajstić information content (AvgIpc) is 3.64. The third-order valence-electron chi connectivity index (χ3n) is 6.61. The number of benzene rings is 3. The summed E-state index contributed by atoms with van der Waals surface area (Å²) in [7, 11) is 1.62. The molecule has 200 valence electrons. The number of rotatable bonds is 7. The topological polar surface area (TPSA) is 76.5 Å². The number of methoxy groups -OCH3 is 1. The molecule has 2 aromatic heterocycles. The van der Waals surface area contributed by atoms with Crippen molar-refractivity contribution in [1.82, 2.24) is 9.78 Å². The summed E-state index contributed by atoms with van der Waals surface area (Å²) in [6.07, 6.45) is 0. The van der Waals surface area contributed by atoms with E-state index >= 15 is 0 Å². The lowest BCUT2D eigenvalue weighted by Crippen LogP contribution is -2.40. The maximum Gasteiger partial charge on any atom is 0.244 e. The number of nitrogens with one attached hydrogen (secondary N) is 1. The Morgan fingerprint density at radius 3 is 2.38 bits per heavy atom. The van der Waals surface area contributed by atoms with Crippen molar-refractivity contribution in [3.8, 4) is 22.7 Å². The van der Waals surface area contributed by atoms with Gasteiger partial charge >= 0.3 is 0 Å². The quantitative estimate of drug-likeness (QED) is 0.246. The van der Waals surface area contributed by atoms with E-state index in [4.69, 9.17) is 9.84 Å². The van der Waals surface area contributed by atoms with Crippen LogP contribution in [0.25, 0.3) is 16.9 Å². The van der Waals surface area contributed by atoms with Gasteiger partial charge in [0.25, 0.3) is 0 Å². The molecule has 6 rings (SSSR count). The van der Waals surface area contributed by atoms with E-state index in [9.17, 15) is 9.59 Å². The maximum atomic E-state index is 13.8. The Morgan fingerprint density at radius 2 is 1.70 bits per heavy atom. The number of hydrogen-bond donors (Lipinski definition) is 1. The fraction of sp³-hybridized carbons (Fsp3) is 0.129. The minimum absolute atomic E-state index is 0.136. The van der Waals surface area contributed by atoms with Crippen LogP contribution >= 0.6 is 23.1 Å². The van der Waals surface area contributed by atoms with E-state index in [2.05, 4.69) is 11.4 Å². The lowest BCUT2D eigenvalue weighted by molar-refractivity contribution is -0.120. The van der Waals surface area contributed by atoms with Gasteiger partial charge in [-0.3, -0.25) is 14.5 Å². The Morgan fingerprint density at radius 1 is 0.975 bits per heavy atom. The number of carbonyl (C=O) groups is 2. The highest BCUT2D eigenvalue weighted by Gasteiger charge is 2.38. The van der Waals surface area contributed by atoms with Crippen LogP contribution < -0.4 is 15.0 Å². The van der Waals surface area contributed by atoms with Gasteiger partial charge in [0.1, 0.15) is 18.1 Å². The van der Waals surface area contributed by atoms with Gasteiger partial charge in [-0.05, 0) is 47.8 Å². The van der Waals surface area contributed by atoms with Crippen molar-refractivity contribution in [2.75, 3.05) is 29.6 Å². The second kappa shape index (κ2) is 11.4. The lowest BCUT2D eigenvalue weighted by Gasteiger charge is -2.23. The molecule has 3 aromatic carbocycles. The number of hydrogen-bond acceptors (Lipinski definition) is 6. The average molecular weight is 567 g/mol. The summed E-state index contributed by atoms with van der Waals surface area (Å²) in [5, 5.41) is 9.95. The van der Waals surface area contributed by atoms with Crippen LogP contribution in [-0.2, 0) is 9.59 Å². The van der Waals surface area contributed by atoms with Gasteiger partial charge in [-0.25, -0.2) is 4.68 Å². The normalized spacial score (nSPS) is 14.9. The number of carbonyl (C=O) groups excluding carboxylic acids is 2. The molecular weight excluding hydrogens is 541 g/mol. The minimum atomic E-state index is -0.284. The number of fused-ring (bicyclic) bond motifs is 1. The fourth-order valence-corrected chi connectivity index (χ4v) is 6.94. The van der Waals surface area contributed by atoms with Crippen molar-refractivity contribution in [3.63, 3.8) is 0 Å². The number of anilines is 2. The van der Waals surface area contributed by atoms with Gasteiger partial charge in [-0.2, -0.15) is 5.10 Å². The number of thioether (sulfide) groups is 1. The fourth-order valence-electron chi connectivity index (χ4n) is 4.76. The molecule has 0 saturated heterocycles. The van der Waals surface area contributed by atoms with Gasteiger partial charge in [0.15, 0.2) is 0 Å².